The smallest absolute Gasteiger partial charge is 0.0338 e. The van der Waals surface area contributed by atoms with Crippen molar-refractivity contribution < 1.29 is 0 Å². The molecule has 2 heteroatoms. The molecule has 0 atom stereocenters. The summed E-state index contributed by atoms with van der Waals surface area (Å²) in [6, 6.07) is 10.6. The summed E-state index contributed by atoms with van der Waals surface area (Å²) in [5.74, 6) is 0. The molecule has 3 rings (SSSR count). The fourth-order valence-electron chi connectivity index (χ4n) is 3.83. The molecule has 2 fully saturated rings. The summed E-state index contributed by atoms with van der Waals surface area (Å²) in [5.41, 5.74) is 2.95. The lowest BCUT2D eigenvalue weighted by Gasteiger charge is -2.50. The van der Waals surface area contributed by atoms with E-state index in [1.165, 1.54) is 43.2 Å². The molecule has 1 aromatic rings. The Labute approximate surface area is 122 Å². The van der Waals surface area contributed by atoms with Crippen molar-refractivity contribution in [3.8, 4) is 0 Å². The number of rotatable bonds is 3. The van der Waals surface area contributed by atoms with Crippen molar-refractivity contribution >= 4 is 5.57 Å². The quantitative estimate of drug-likeness (QED) is 0.906. The zero-order valence-electron chi connectivity index (χ0n) is 12.4. The highest BCUT2D eigenvalue weighted by molar-refractivity contribution is 5.64. The number of nitrogens with one attached hydrogen (secondary N) is 1. The average Bonchev–Trinajstić information content (AvgIpc) is 2.51. The lowest BCUT2D eigenvalue weighted by Crippen LogP contribution is -2.62. The molecule has 1 spiro atoms. The molecule has 0 amide bonds. The third-order valence-corrected chi connectivity index (χ3v) is 5.03. The van der Waals surface area contributed by atoms with Crippen molar-refractivity contribution in [3.63, 3.8) is 0 Å². The molecule has 1 aliphatic carbocycles. The number of benzene rings is 1. The summed E-state index contributed by atoms with van der Waals surface area (Å²) in [7, 11) is 0. The van der Waals surface area contributed by atoms with E-state index in [0.717, 1.165) is 26.2 Å². The van der Waals surface area contributed by atoms with E-state index in [-0.39, 0.29) is 0 Å². The Hall–Kier alpha value is -1.12. The Morgan fingerprint density at radius 2 is 1.90 bits per heavy atom. The molecule has 1 heterocycles. The summed E-state index contributed by atoms with van der Waals surface area (Å²) in [5, 5.41) is 3.62. The second-order valence-electron chi connectivity index (χ2n) is 6.35. The van der Waals surface area contributed by atoms with Gasteiger partial charge in [0.15, 0.2) is 0 Å². The van der Waals surface area contributed by atoms with Gasteiger partial charge in [-0.1, -0.05) is 56.2 Å². The van der Waals surface area contributed by atoms with Crippen molar-refractivity contribution in [2.45, 2.75) is 37.6 Å². The van der Waals surface area contributed by atoms with Gasteiger partial charge in [-0.25, -0.2) is 0 Å². The van der Waals surface area contributed by atoms with E-state index >= 15 is 0 Å². The van der Waals surface area contributed by atoms with E-state index < -0.39 is 0 Å². The highest BCUT2D eigenvalue weighted by Gasteiger charge is 2.39. The van der Waals surface area contributed by atoms with Crippen molar-refractivity contribution in [1.82, 2.24) is 10.2 Å². The Bertz CT molecular complexity index is 437. The molecule has 1 N–H and O–H groups in total. The largest absolute Gasteiger partial charge is 0.314 e. The molecule has 20 heavy (non-hydrogen) atoms. The van der Waals surface area contributed by atoms with Crippen LogP contribution in [0.15, 0.2) is 36.9 Å². The molecular formula is C18H26N2. The maximum absolute atomic E-state index is 4.33. The molecule has 2 aliphatic rings. The minimum Gasteiger partial charge on any atom is -0.314 e. The molecule has 1 saturated carbocycles. The summed E-state index contributed by atoms with van der Waals surface area (Å²) in [4.78, 5) is 2.71. The molecule has 1 aliphatic heterocycles. The van der Waals surface area contributed by atoms with Crippen LogP contribution in [0, 0.1) is 0 Å². The average molecular weight is 270 g/mol. The Morgan fingerprint density at radius 3 is 2.65 bits per heavy atom. The van der Waals surface area contributed by atoms with Gasteiger partial charge in [-0.15, -0.1) is 0 Å². The topological polar surface area (TPSA) is 15.3 Å². The van der Waals surface area contributed by atoms with Gasteiger partial charge in [-0.3, -0.25) is 4.90 Å². The molecule has 0 radical (unpaired) electrons. The fourth-order valence-corrected chi connectivity index (χ4v) is 3.83. The van der Waals surface area contributed by atoms with Gasteiger partial charge in [0.1, 0.15) is 0 Å². The van der Waals surface area contributed by atoms with Crippen LogP contribution in [0.3, 0.4) is 0 Å². The molecule has 2 nitrogen and oxygen atoms in total. The van der Waals surface area contributed by atoms with Gasteiger partial charge < -0.3 is 5.32 Å². The molecule has 108 valence electrons. The third kappa shape index (κ3) is 2.82. The second kappa shape index (κ2) is 6.11. The lowest BCUT2D eigenvalue weighted by atomic mass is 9.78. The van der Waals surface area contributed by atoms with Gasteiger partial charge in [-0.2, -0.15) is 0 Å². The van der Waals surface area contributed by atoms with E-state index in [4.69, 9.17) is 0 Å². The zero-order valence-corrected chi connectivity index (χ0v) is 12.4. The van der Waals surface area contributed by atoms with Gasteiger partial charge in [0.05, 0.1) is 0 Å². The number of piperazine rings is 1. The second-order valence-corrected chi connectivity index (χ2v) is 6.35. The minimum atomic E-state index is 0.397. The van der Waals surface area contributed by atoms with Crippen LogP contribution in [0.5, 0.6) is 0 Å². The lowest BCUT2D eigenvalue weighted by molar-refractivity contribution is 0.0397. The van der Waals surface area contributed by atoms with Crippen molar-refractivity contribution in [2.24, 2.45) is 0 Å². The van der Waals surface area contributed by atoms with Gasteiger partial charge in [-0.05, 0) is 24.0 Å². The standard InChI is InChI=1S/C18H26N2/c1-16(17-8-4-2-5-9-17)14-20-13-12-19-15-18(20)10-6-3-7-11-18/h2,4-5,8-9,19H,1,3,6-7,10-15H2. The summed E-state index contributed by atoms with van der Waals surface area (Å²) >= 11 is 0. The van der Waals surface area contributed by atoms with Gasteiger partial charge in [0.2, 0.25) is 0 Å². The van der Waals surface area contributed by atoms with E-state index in [9.17, 15) is 0 Å². The molecule has 0 bridgehead atoms. The van der Waals surface area contributed by atoms with Crippen LogP contribution in [0.1, 0.15) is 37.7 Å². The van der Waals surface area contributed by atoms with Crippen LogP contribution in [0.25, 0.3) is 5.57 Å². The fraction of sp³-hybridized carbons (Fsp3) is 0.556. The van der Waals surface area contributed by atoms with E-state index in [0.29, 0.717) is 5.54 Å². The number of nitrogens with zero attached hydrogens (tertiary/aromatic N) is 1. The summed E-state index contributed by atoms with van der Waals surface area (Å²) < 4.78 is 0. The maximum Gasteiger partial charge on any atom is 0.0338 e. The monoisotopic (exact) mass is 270 g/mol. The first-order valence-electron chi connectivity index (χ1n) is 7.99. The minimum absolute atomic E-state index is 0.397. The highest BCUT2D eigenvalue weighted by Crippen LogP contribution is 2.35. The van der Waals surface area contributed by atoms with E-state index in [2.05, 4.69) is 47.1 Å². The van der Waals surface area contributed by atoms with Crippen molar-refractivity contribution in [1.29, 1.82) is 0 Å². The van der Waals surface area contributed by atoms with Gasteiger partial charge >= 0.3 is 0 Å². The van der Waals surface area contributed by atoms with Crippen molar-refractivity contribution in [2.75, 3.05) is 26.2 Å². The predicted octanol–water partition coefficient (Wildman–Crippen LogP) is 3.31. The zero-order chi connectivity index (χ0) is 13.8. The molecule has 1 saturated heterocycles. The normalized spacial score (nSPS) is 22.8. The highest BCUT2D eigenvalue weighted by atomic mass is 15.3. The maximum atomic E-state index is 4.33. The molecular weight excluding hydrogens is 244 g/mol. The van der Waals surface area contributed by atoms with E-state index in [1.54, 1.807) is 0 Å². The van der Waals surface area contributed by atoms with E-state index in [1.807, 2.05) is 0 Å². The van der Waals surface area contributed by atoms with Crippen LogP contribution in [-0.4, -0.2) is 36.6 Å². The number of hydrogen-bond acceptors (Lipinski definition) is 2. The molecule has 0 aromatic heterocycles. The van der Waals surface area contributed by atoms with Crippen LogP contribution in [0.2, 0.25) is 0 Å². The van der Waals surface area contributed by atoms with Crippen LogP contribution >= 0.6 is 0 Å². The first-order valence-corrected chi connectivity index (χ1v) is 7.99. The summed E-state index contributed by atoms with van der Waals surface area (Å²) in [6.07, 6.45) is 6.88. The first-order chi connectivity index (χ1) is 9.80. The molecule has 0 unspecified atom stereocenters. The Kier molecular flexibility index (Phi) is 4.23. The first kappa shape index (κ1) is 13.8. The summed E-state index contributed by atoms with van der Waals surface area (Å²) in [6.45, 7) is 8.79. The Balaban J connectivity index is 1.72. The van der Waals surface area contributed by atoms with Crippen molar-refractivity contribution in [3.05, 3.63) is 42.5 Å². The molecule has 1 aromatic carbocycles. The van der Waals surface area contributed by atoms with Crippen LogP contribution in [0.4, 0.5) is 0 Å². The SMILES string of the molecule is C=C(CN1CCNCC12CCCCC2)c1ccccc1. The number of hydrogen-bond donors (Lipinski definition) is 1. The third-order valence-electron chi connectivity index (χ3n) is 5.03. The van der Waals surface area contributed by atoms with Crippen LogP contribution < -0.4 is 5.32 Å². The van der Waals surface area contributed by atoms with Gasteiger partial charge in [0.25, 0.3) is 0 Å². The van der Waals surface area contributed by atoms with Gasteiger partial charge in [0, 0.05) is 31.7 Å². The Morgan fingerprint density at radius 1 is 1.15 bits per heavy atom. The van der Waals surface area contributed by atoms with Crippen LogP contribution in [-0.2, 0) is 0 Å². The predicted molar refractivity (Wildman–Crippen MR) is 85.7 cm³/mol.